The first kappa shape index (κ1) is 18.5. The fraction of sp³-hybridized carbons (Fsp3) is 0.286. The zero-order chi connectivity index (χ0) is 19.1. The van der Waals surface area contributed by atoms with Crippen molar-refractivity contribution in [1.29, 1.82) is 5.26 Å². The molecule has 0 spiro atoms. The van der Waals surface area contributed by atoms with Crippen molar-refractivity contribution in [3.63, 3.8) is 0 Å². The van der Waals surface area contributed by atoms with Crippen LogP contribution in [0.5, 0.6) is 0 Å². The van der Waals surface area contributed by atoms with Crippen LogP contribution in [0.4, 0.5) is 4.79 Å². The summed E-state index contributed by atoms with van der Waals surface area (Å²) < 4.78 is 10.7. The van der Waals surface area contributed by atoms with Gasteiger partial charge in [-0.25, -0.2) is 9.59 Å². The number of amides is 1. The molecule has 0 aromatic heterocycles. The number of nitriles is 1. The maximum Gasteiger partial charge on any atom is 0.410 e. The largest absolute Gasteiger partial charge is 0.459 e. The highest BCUT2D eigenvalue weighted by molar-refractivity contribution is 5.82. The summed E-state index contributed by atoms with van der Waals surface area (Å²) in [7, 11) is 0. The second-order valence-electron chi connectivity index (χ2n) is 6.36. The Hall–Kier alpha value is -3.33. The zero-order valence-electron chi connectivity index (χ0n) is 14.8. The van der Waals surface area contributed by atoms with Gasteiger partial charge in [0.25, 0.3) is 0 Å². The Morgan fingerprint density at radius 1 is 0.963 bits per heavy atom. The summed E-state index contributed by atoms with van der Waals surface area (Å²) in [4.78, 5) is 26.2. The molecule has 2 atom stereocenters. The number of ether oxygens (including phenoxy) is 2. The van der Waals surface area contributed by atoms with Gasteiger partial charge in [-0.2, -0.15) is 5.26 Å². The molecular weight excluding hydrogens is 344 g/mol. The molecule has 27 heavy (non-hydrogen) atoms. The molecule has 0 bridgehead atoms. The molecule has 1 aliphatic rings. The van der Waals surface area contributed by atoms with Crippen LogP contribution in [0.3, 0.4) is 0 Å². The van der Waals surface area contributed by atoms with Crippen LogP contribution in [0.15, 0.2) is 60.7 Å². The lowest BCUT2D eigenvalue weighted by atomic mass is 10.1. The number of carbonyl (C=O) groups excluding carboxylic acids is 2. The van der Waals surface area contributed by atoms with E-state index in [2.05, 4.69) is 6.07 Å². The second-order valence-corrected chi connectivity index (χ2v) is 6.36. The number of hydrogen-bond acceptors (Lipinski definition) is 5. The van der Waals surface area contributed by atoms with E-state index in [4.69, 9.17) is 9.47 Å². The minimum absolute atomic E-state index is 0.110. The van der Waals surface area contributed by atoms with Crippen molar-refractivity contribution in [3.05, 3.63) is 71.8 Å². The van der Waals surface area contributed by atoms with Gasteiger partial charge in [0.15, 0.2) is 0 Å². The van der Waals surface area contributed by atoms with Gasteiger partial charge < -0.3 is 9.47 Å². The van der Waals surface area contributed by atoms with Crippen LogP contribution in [0.1, 0.15) is 17.5 Å². The van der Waals surface area contributed by atoms with Crippen molar-refractivity contribution in [2.24, 2.45) is 5.92 Å². The van der Waals surface area contributed by atoms with Gasteiger partial charge in [0, 0.05) is 6.54 Å². The number of likely N-dealkylation sites (tertiary alicyclic amines) is 1. The van der Waals surface area contributed by atoms with Gasteiger partial charge in [0.1, 0.15) is 19.3 Å². The first-order chi connectivity index (χ1) is 13.2. The summed E-state index contributed by atoms with van der Waals surface area (Å²) in [5.41, 5.74) is 1.71. The van der Waals surface area contributed by atoms with Crippen LogP contribution in [0, 0.1) is 17.2 Å². The minimum Gasteiger partial charge on any atom is -0.459 e. The molecule has 2 aromatic carbocycles. The third kappa shape index (κ3) is 4.85. The molecule has 6 nitrogen and oxygen atoms in total. The summed E-state index contributed by atoms with van der Waals surface area (Å²) in [5, 5.41) is 9.20. The van der Waals surface area contributed by atoms with Crippen molar-refractivity contribution in [3.8, 4) is 6.07 Å². The van der Waals surface area contributed by atoms with E-state index in [0.717, 1.165) is 11.1 Å². The SMILES string of the molecule is N#CC1CC(C(=O)OCc2ccccc2)N(C(=O)OCc2ccccc2)C1. The van der Waals surface area contributed by atoms with E-state index in [1.54, 1.807) is 0 Å². The van der Waals surface area contributed by atoms with Gasteiger partial charge >= 0.3 is 12.1 Å². The van der Waals surface area contributed by atoms with Crippen molar-refractivity contribution in [2.45, 2.75) is 25.7 Å². The van der Waals surface area contributed by atoms with E-state index in [1.807, 2.05) is 60.7 Å². The van der Waals surface area contributed by atoms with Crippen LogP contribution < -0.4 is 0 Å². The summed E-state index contributed by atoms with van der Waals surface area (Å²) in [6, 6.07) is 19.9. The molecular formula is C21H20N2O4. The van der Waals surface area contributed by atoms with Crippen LogP contribution in [0.25, 0.3) is 0 Å². The van der Waals surface area contributed by atoms with E-state index < -0.39 is 24.0 Å². The molecule has 138 valence electrons. The van der Waals surface area contributed by atoms with E-state index in [0.29, 0.717) is 0 Å². The smallest absolute Gasteiger partial charge is 0.410 e. The van der Waals surface area contributed by atoms with Crippen LogP contribution in [-0.4, -0.2) is 29.5 Å². The summed E-state index contributed by atoms with van der Waals surface area (Å²) in [6.45, 7) is 0.398. The van der Waals surface area contributed by atoms with Crippen molar-refractivity contribution in [2.75, 3.05) is 6.54 Å². The quantitative estimate of drug-likeness (QED) is 0.761. The lowest BCUT2D eigenvalue weighted by Gasteiger charge is -2.22. The van der Waals surface area contributed by atoms with Gasteiger partial charge in [-0.1, -0.05) is 60.7 Å². The Labute approximate surface area is 157 Å². The van der Waals surface area contributed by atoms with Crippen LogP contribution in [-0.2, 0) is 27.5 Å². The molecule has 1 aliphatic heterocycles. The Balaban J connectivity index is 1.60. The molecule has 0 radical (unpaired) electrons. The molecule has 3 rings (SSSR count). The lowest BCUT2D eigenvalue weighted by Crippen LogP contribution is -2.41. The first-order valence-electron chi connectivity index (χ1n) is 8.75. The lowest BCUT2D eigenvalue weighted by molar-refractivity contribution is -0.149. The van der Waals surface area contributed by atoms with Crippen molar-refractivity contribution in [1.82, 2.24) is 4.90 Å². The summed E-state index contributed by atoms with van der Waals surface area (Å²) >= 11 is 0. The number of rotatable bonds is 5. The van der Waals surface area contributed by atoms with Gasteiger partial charge in [-0.05, 0) is 17.5 Å². The normalized spacial score (nSPS) is 18.6. The van der Waals surface area contributed by atoms with Gasteiger partial charge in [0.2, 0.25) is 0 Å². The van der Waals surface area contributed by atoms with Crippen molar-refractivity contribution >= 4 is 12.1 Å². The predicted octanol–water partition coefficient (Wildman–Crippen LogP) is 3.28. The Morgan fingerprint density at radius 3 is 2.07 bits per heavy atom. The molecule has 0 aliphatic carbocycles. The molecule has 6 heteroatoms. The van der Waals surface area contributed by atoms with E-state index >= 15 is 0 Å². The number of benzene rings is 2. The molecule has 0 saturated carbocycles. The van der Waals surface area contributed by atoms with E-state index in [9.17, 15) is 14.9 Å². The minimum atomic E-state index is -0.804. The third-order valence-electron chi connectivity index (χ3n) is 4.42. The van der Waals surface area contributed by atoms with E-state index in [-0.39, 0.29) is 26.2 Å². The Morgan fingerprint density at radius 2 is 1.52 bits per heavy atom. The third-order valence-corrected chi connectivity index (χ3v) is 4.42. The maximum absolute atomic E-state index is 12.5. The monoisotopic (exact) mass is 364 g/mol. The highest BCUT2D eigenvalue weighted by atomic mass is 16.6. The molecule has 0 N–H and O–H groups in total. The Bertz CT molecular complexity index is 754. The standard InChI is InChI=1S/C21H20N2O4/c22-12-18-11-19(20(24)26-14-16-7-3-1-4-8-16)23(13-18)21(25)27-15-17-9-5-2-6-10-17/h1-10,18-19H,11,13-15H2. The maximum atomic E-state index is 12.5. The molecule has 2 unspecified atom stereocenters. The zero-order valence-corrected chi connectivity index (χ0v) is 14.8. The second kappa shape index (κ2) is 8.86. The van der Waals surface area contributed by atoms with E-state index in [1.165, 1.54) is 4.90 Å². The fourth-order valence-corrected chi connectivity index (χ4v) is 2.98. The topological polar surface area (TPSA) is 79.6 Å². The van der Waals surface area contributed by atoms with Gasteiger partial charge in [-0.15, -0.1) is 0 Å². The average Bonchev–Trinajstić information content (AvgIpc) is 3.16. The average molecular weight is 364 g/mol. The fourth-order valence-electron chi connectivity index (χ4n) is 2.98. The van der Waals surface area contributed by atoms with Gasteiger partial charge in [-0.3, -0.25) is 4.90 Å². The molecule has 2 aromatic rings. The van der Waals surface area contributed by atoms with Gasteiger partial charge in [0.05, 0.1) is 12.0 Å². The van der Waals surface area contributed by atoms with Crippen molar-refractivity contribution < 1.29 is 19.1 Å². The number of carbonyl (C=O) groups is 2. The summed E-state index contributed by atoms with van der Waals surface area (Å²) in [6.07, 6.45) is -0.358. The number of nitrogens with zero attached hydrogens (tertiary/aromatic N) is 2. The molecule has 1 saturated heterocycles. The molecule has 1 amide bonds. The molecule has 1 fully saturated rings. The van der Waals surface area contributed by atoms with Crippen LogP contribution >= 0.6 is 0 Å². The van der Waals surface area contributed by atoms with Crippen LogP contribution in [0.2, 0.25) is 0 Å². The Kier molecular flexibility index (Phi) is 6.06. The molecule has 1 heterocycles. The summed E-state index contributed by atoms with van der Waals surface area (Å²) in [5.74, 6) is -0.934. The first-order valence-corrected chi connectivity index (χ1v) is 8.75. The predicted molar refractivity (Wildman–Crippen MR) is 97.1 cm³/mol. The number of hydrogen-bond donors (Lipinski definition) is 0. The number of esters is 1. The highest BCUT2D eigenvalue weighted by Crippen LogP contribution is 2.25. The highest BCUT2D eigenvalue weighted by Gasteiger charge is 2.41.